The zero-order valence-corrected chi connectivity index (χ0v) is 11.5. The van der Waals surface area contributed by atoms with Crippen LogP contribution < -0.4 is 10.9 Å². The van der Waals surface area contributed by atoms with Gasteiger partial charge in [0, 0.05) is 18.9 Å². The molecule has 7 heteroatoms. The van der Waals surface area contributed by atoms with Gasteiger partial charge in [0.05, 0.1) is 22.3 Å². The normalized spacial score (nSPS) is 10.5. The molecule has 19 heavy (non-hydrogen) atoms. The number of aromatic nitrogens is 2. The van der Waals surface area contributed by atoms with Crippen molar-refractivity contribution in [3.05, 3.63) is 50.4 Å². The molecule has 0 saturated carbocycles. The van der Waals surface area contributed by atoms with E-state index in [9.17, 15) is 4.79 Å². The van der Waals surface area contributed by atoms with Gasteiger partial charge in [-0.1, -0.05) is 23.2 Å². The van der Waals surface area contributed by atoms with Crippen molar-refractivity contribution in [3.8, 4) is 0 Å². The van der Waals surface area contributed by atoms with E-state index in [4.69, 9.17) is 27.9 Å². The molecule has 0 radical (unpaired) electrons. The summed E-state index contributed by atoms with van der Waals surface area (Å²) in [4.78, 5) is 18.2. The molecule has 0 unspecified atom stereocenters. The van der Waals surface area contributed by atoms with Crippen molar-refractivity contribution >= 4 is 34.8 Å². The first kappa shape index (κ1) is 13.9. The number of ether oxygens (including phenoxy) is 1. The highest BCUT2D eigenvalue weighted by molar-refractivity contribution is 6.42. The topological polar surface area (TPSA) is 67.0 Å². The Bertz CT molecular complexity index is 643. The van der Waals surface area contributed by atoms with Gasteiger partial charge < -0.3 is 10.1 Å². The zero-order chi connectivity index (χ0) is 13.8. The fourth-order valence-corrected chi connectivity index (χ4v) is 1.80. The van der Waals surface area contributed by atoms with Crippen LogP contribution in [0, 0.1) is 0 Å². The Morgan fingerprint density at radius 2 is 2.11 bits per heavy atom. The second-order valence-corrected chi connectivity index (χ2v) is 4.59. The summed E-state index contributed by atoms with van der Waals surface area (Å²) >= 11 is 11.7. The standard InChI is InChI=1S/C12H11Cl2N3O2/c1-19-6-8-5-11(18)17-12(16-8)15-7-2-3-9(13)10(14)4-7/h2-5H,6H2,1H3,(H2,15,16,17,18). The fraction of sp³-hybridized carbons (Fsp3) is 0.167. The SMILES string of the molecule is COCc1cc(=O)[nH]c(Nc2ccc(Cl)c(Cl)c2)n1. The van der Waals surface area contributed by atoms with Gasteiger partial charge in [-0.15, -0.1) is 0 Å². The third-order valence-corrected chi connectivity index (χ3v) is 3.01. The van der Waals surface area contributed by atoms with Crippen molar-refractivity contribution in [3.63, 3.8) is 0 Å². The summed E-state index contributed by atoms with van der Waals surface area (Å²) in [6.07, 6.45) is 0. The second-order valence-electron chi connectivity index (χ2n) is 3.77. The van der Waals surface area contributed by atoms with Crippen LogP contribution in [0.5, 0.6) is 0 Å². The molecule has 0 fully saturated rings. The molecule has 0 atom stereocenters. The molecule has 0 amide bonds. The van der Waals surface area contributed by atoms with Crippen molar-refractivity contribution in [2.75, 3.05) is 12.4 Å². The Kier molecular flexibility index (Phi) is 4.42. The third-order valence-electron chi connectivity index (χ3n) is 2.27. The summed E-state index contributed by atoms with van der Waals surface area (Å²) in [5.41, 5.74) is 0.950. The summed E-state index contributed by atoms with van der Waals surface area (Å²) in [6, 6.07) is 6.41. The summed E-state index contributed by atoms with van der Waals surface area (Å²) in [7, 11) is 1.54. The predicted octanol–water partition coefficient (Wildman–Crippen LogP) is 2.97. The highest BCUT2D eigenvalue weighted by atomic mass is 35.5. The van der Waals surface area contributed by atoms with Crippen LogP contribution in [0.25, 0.3) is 0 Å². The quantitative estimate of drug-likeness (QED) is 0.911. The molecular formula is C12H11Cl2N3O2. The van der Waals surface area contributed by atoms with Crippen LogP contribution in [0.1, 0.15) is 5.69 Å². The maximum absolute atomic E-state index is 11.5. The van der Waals surface area contributed by atoms with Crippen LogP contribution >= 0.6 is 23.2 Å². The van der Waals surface area contributed by atoms with E-state index < -0.39 is 0 Å². The Morgan fingerprint density at radius 3 is 2.79 bits per heavy atom. The van der Waals surface area contributed by atoms with Crippen LogP contribution in [0.3, 0.4) is 0 Å². The van der Waals surface area contributed by atoms with Crippen molar-refractivity contribution in [2.24, 2.45) is 0 Å². The average Bonchev–Trinajstić information content (AvgIpc) is 2.33. The lowest BCUT2D eigenvalue weighted by atomic mass is 10.3. The smallest absolute Gasteiger partial charge is 0.252 e. The lowest BCUT2D eigenvalue weighted by molar-refractivity contribution is 0.181. The number of H-pyrrole nitrogens is 1. The summed E-state index contributed by atoms with van der Waals surface area (Å²) < 4.78 is 4.94. The number of methoxy groups -OCH3 is 1. The molecule has 2 rings (SSSR count). The number of rotatable bonds is 4. The highest BCUT2D eigenvalue weighted by Crippen LogP contribution is 2.25. The minimum Gasteiger partial charge on any atom is -0.378 e. The van der Waals surface area contributed by atoms with Crippen LogP contribution in [0.15, 0.2) is 29.1 Å². The monoisotopic (exact) mass is 299 g/mol. The van der Waals surface area contributed by atoms with Crippen molar-refractivity contribution in [1.82, 2.24) is 9.97 Å². The maximum atomic E-state index is 11.5. The van der Waals surface area contributed by atoms with Crippen LogP contribution in [0.4, 0.5) is 11.6 Å². The molecule has 1 heterocycles. The number of nitrogens with one attached hydrogen (secondary N) is 2. The van der Waals surface area contributed by atoms with E-state index in [1.807, 2.05) is 0 Å². The molecule has 2 aromatic rings. The Hall–Kier alpha value is -1.56. The van der Waals surface area contributed by atoms with Gasteiger partial charge in [-0.2, -0.15) is 0 Å². The van der Waals surface area contributed by atoms with Gasteiger partial charge in [0.25, 0.3) is 5.56 Å². The van der Waals surface area contributed by atoms with E-state index in [1.54, 1.807) is 18.2 Å². The van der Waals surface area contributed by atoms with Crippen molar-refractivity contribution < 1.29 is 4.74 Å². The number of aromatic amines is 1. The van der Waals surface area contributed by atoms with Crippen molar-refractivity contribution in [2.45, 2.75) is 6.61 Å². The molecule has 1 aromatic carbocycles. The number of nitrogens with zero attached hydrogens (tertiary/aromatic N) is 1. The second kappa shape index (κ2) is 6.06. The molecule has 0 saturated heterocycles. The first-order valence-corrected chi connectivity index (χ1v) is 6.15. The minimum absolute atomic E-state index is 0.260. The molecule has 0 bridgehead atoms. The molecule has 0 aliphatic carbocycles. The minimum atomic E-state index is -0.260. The maximum Gasteiger partial charge on any atom is 0.252 e. The van der Waals surface area contributed by atoms with E-state index in [1.165, 1.54) is 13.2 Å². The van der Waals surface area contributed by atoms with E-state index >= 15 is 0 Å². The molecular weight excluding hydrogens is 289 g/mol. The summed E-state index contributed by atoms with van der Waals surface area (Å²) in [5.74, 6) is 0.318. The molecule has 0 aliphatic heterocycles. The van der Waals surface area contributed by atoms with E-state index in [2.05, 4.69) is 15.3 Å². The molecule has 0 spiro atoms. The fourth-order valence-electron chi connectivity index (χ4n) is 1.50. The van der Waals surface area contributed by atoms with Gasteiger partial charge in [-0.05, 0) is 18.2 Å². The van der Waals surface area contributed by atoms with Crippen LogP contribution in [0.2, 0.25) is 10.0 Å². The van der Waals surface area contributed by atoms with Crippen LogP contribution in [-0.4, -0.2) is 17.1 Å². The zero-order valence-electron chi connectivity index (χ0n) is 10.0. The Balaban J connectivity index is 2.27. The van der Waals surface area contributed by atoms with Gasteiger partial charge in [0.15, 0.2) is 0 Å². The van der Waals surface area contributed by atoms with E-state index in [0.717, 1.165) is 0 Å². The van der Waals surface area contributed by atoms with Gasteiger partial charge in [-0.25, -0.2) is 4.98 Å². The van der Waals surface area contributed by atoms with Gasteiger partial charge >= 0.3 is 0 Å². The Labute approximate surface area is 119 Å². The number of halogens is 2. The van der Waals surface area contributed by atoms with Gasteiger partial charge in [-0.3, -0.25) is 9.78 Å². The van der Waals surface area contributed by atoms with Gasteiger partial charge in [0.2, 0.25) is 5.95 Å². The first-order valence-electron chi connectivity index (χ1n) is 5.40. The average molecular weight is 300 g/mol. The molecule has 0 aliphatic rings. The molecule has 2 N–H and O–H groups in total. The first-order chi connectivity index (χ1) is 9.08. The number of hydrogen-bond donors (Lipinski definition) is 2. The van der Waals surface area contributed by atoms with E-state index in [-0.39, 0.29) is 12.2 Å². The molecule has 100 valence electrons. The number of benzene rings is 1. The number of hydrogen-bond acceptors (Lipinski definition) is 4. The highest BCUT2D eigenvalue weighted by Gasteiger charge is 2.04. The van der Waals surface area contributed by atoms with E-state index in [0.29, 0.717) is 27.4 Å². The predicted molar refractivity (Wildman–Crippen MR) is 75.3 cm³/mol. The Morgan fingerprint density at radius 1 is 1.32 bits per heavy atom. The lowest BCUT2D eigenvalue weighted by Crippen LogP contribution is -2.12. The van der Waals surface area contributed by atoms with Crippen LogP contribution in [-0.2, 0) is 11.3 Å². The lowest BCUT2D eigenvalue weighted by Gasteiger charge is -2.07. The third kappa shape index (κ3) is 3.70. The van der Waals surface area contributed by atoms with Crippen molar-refractivity contribution in [1.29, 1.82) is 0 Å². The largest absolute Gasteiger partial charge is 0.378 e. The molecule has 5 nitrogen and oxygen atoms in total. The summed E-state index contributed by atoms with van der Waals surface area (Å²) in [6.45, 7) is 0.264. The summed E-state index contributed by atoms with van der Waals surface area (Å²) in [5, 5.41) is 3.82. The number of anilines is 2. The van der Waals surface area contributed by atoms with Gasteiger partial charge in [0.1, 0.15) is 0 Å². The molecule has 1 aromatic heterocycles.